The maximum atomic E-state index is 9.51. The minimum Gasteiger partial charge on any atom is -0.389 e. The first-order chi connectivity index (χ1) is 5.57. The van der Waals surface area contributed by atoms with E-state index in [2.05, 4.69) is 5.32 Å². The van der Waals surface area contributed by atoms with Gasteiger partial charge in [0.05, 0.1) is 6.10 Å². The molecule has 0 fully saturated rings. The van der Waals surface area contributed by atoms with Gasteiger partial charge < -0.3 is 16.2 Å². The van der Waals surface area contributed by atoms with E-state index in [1.54, 1.807) is 7.05 Å². The zero-order valence-corrected chi connectivity index (χ0v) is 7.39. The van der Waals surface area contributed by atoms with Crippen LogP contribution in [0, 0.1) is 11.3 Å². The molecule has 0 saturated heterocycles. The maximum absolute atomic E-state index is 9.51. The molecule has 2 atom stereocenters. The van der Waals surface area contributed by atoms with Gasteiger partial charge in [0, 0.05) is 18.3 Å². The van der Waals surface area contributed by atoms with Crippen molar-refractivity contribution in [2.75, 3.05) is 7.05 Å². The van der Waals surface area contributed by atoms with Crippen LogP contribution >= 0.6 is 0 Å². The van der Waals surface area contributed by atoms with Crippen molar-refractivity contribution in [3.8, 4) is 0 Å². The lowest BCUT2D eigenvalue weighted by Gasteiger charge is -2.09. The highest BCUT2D eigenvalue weighted by Gasteiger charge is 2.30. The third kappa shape index (κ3) is 1.30. The molecule has 0 heterocycles. The Morgan fingerprint density at radius 3 is 2.67 bits per heavy atom. The van der Waals surface area contributed by atoms with E-state index in [4.69, 9.17) is 11.1 Å². The number of hydrogen-bond acceptors (Lipinski definition) is 3. The molecule has 0 aliphatic heterocycles. The first kappa shape index (κ1) is 9.06. The zero-order chi connectivity index (χ0) is 9.30. The molecule has 68 valence electrons. The summed E-state index contributed by atoms with van der Waals surface area (Å²) in [4.78, 5) is 0. The van der Waals surface area contributed by atoms with Crippen molar-refractivity contribution >= 4 is 5.84 Å². The maximum Gasteiger partial charge on any atom is 0.120 e. The average molecular weight is 169 g/mol. The smallest absolute Gasteiger partial charge is 0.120 e. The van der Waals surface area contributed by atoms with Crippen molar-refractivity contribution in [3.63, 3.8) is 0 Å². The summed E-state index contributed by atoms with van der Waals surface area (Å²) < 4.78 is 0. The van der Waals surface area contributed by atoms with Crippen LogP contribution in [0.15, 0.2) is 11.3 Å². The Kier molecular flexibility index (Phi) is 2.38. The largest absolute Gasteiger partial charge is 0.389 e. The fourth-order valence-electron chi connectivity index (χ4n) is 1.73. The Morgan fingerprint density at radius 2 is 2.33 bits per heavy atom. The van der Waals surface area contributed by atoms with E-state index in [0.29, 0.717) is 12.1 Å². The standard InChI is InChI=1S/C8H15N3O/c1-4-3-5(12)7(11-2)6(4)8(9)10/h4-5,11-12H,3H2,1-2H3,(H3,9,10)/t4-,5?/m1/s1. The molecule has 1 aliphatic rings. The van der Waals surface area contributed by atoms with Crippen LogP contribution < -0.4 is 11.1 Å². The third-order valence-corrected chi connectivity index (χ3v) is 2.25. The third-order valence-electron chi connectivity index (χ3n) is 2.25. The van der Waals surface area contributed by atoms with Gasteiger partial charge in [-0.05, 0) is 12.3 Å². The van der Waals surface area contributed by atoms with Crippen molar-refractivity contribution in [1.29, 1.82) is 5.41 Å². The zero-order valence-electron chi connectivity index (χ0n) is 7.39. The molecule has 1 rings (SSSR count). The Morgan fingerprint density at radius 1 is 1.75 bits per heavy atom. The van der Waals surface area contributed by atoms with Gasteiger partial charge in [-0.25, -0.2) is 0 Å². The summed E-state index contributed by atoms with van der Waals surface area (Å²) in [6.07, 6.45) is 0.175. The van der Waals surface area contributed by atoms with Gasteiger partial charge in [-0.1, -0.05) is 6.92 Å². The molecule has 0 aromatic heterocycles. The van der Waals surface area contributed by atoms with E-state index in [-0.39, 0.29) is 11.8 Å². The highest BCUT2D eigenvalue weighted by atomic mass is 16.3. The molecule has 0 aromatic carbocycles. The second-order valence-electron chi connectivity index (χ2n) is 3.14. The van der Waals surface area contributed by atoms with Gasteiger partial charge in [0.2, 0.25) is 0 Å². The van der Waals surface area contributed by atoms with E-state index in [1.807, 2.05) is 6.92 Å². The molecule has 5 N–H and O–H groups in total. The first-order valence-electron chi connectivity index (χ1n) is 4.02. The molecule has 0 spiro atoms. The highest BCUT2D eigenvalue weighted by molar-refractivity contribution is 5.96. The molecule has 4 nitrogen and oxygen atoms in total. The molecule has 0 amide bonds. The van der Waals surface area contributed by atoms with Crippen LogP contribution in [0.25, 0.3) is 0 Å². The topological polar surface area (TPSA) is 82.1 Å². The summed E-state index contributed by atoms with van der Waals surface area (Å²) in [6.45, 7) is 1.96. The fourth-order valence-corrected chi connectivity index (χ4v) is 1.73. The summed E-state index contributed by atoms with van der Waals surface area (Å²) in [5.41, 5.74) is 6.85. The lowest BCUT2D eigenvalue weighted by Crippen LogP contribution is -2.22. The van der Waals surface area contributed by atoms with Crippen molar-refractivity contribution in [2.24, 2.45) is 11.7 Å². The number of nitrogens with one attached hydrogen (secondary N) is 2. The second-order valence-corrected chi connectivity index (χ2v) is 3.14. The Bertz CT molecular complexity index is 234. The lowest BCUT2D eigenvalue weighted by molar-refractivity contribution is 0.196. The quantitative estimate of drug-likeness (QED) is 0.341. The Hall–Kier alpha value is -1.03. The molecule has 1 aliphatic carbocycles. The summed E-state index contributed by atoms with van der Waals surface area (Å²) in [5, 5.41) is 19.7. The van der Waals surface area contributed by atoms with E-state index in [0.717, 1.165) is 5.57 Å². The minimum absolute atomic E-state index is 0.0587. The van der Waals surface area contributed by atoms with Crippen molar-refractivity contribution in [3.05, 3.63) is 11.3 Å². The average Bonchev–Trinajstić information content (AvgIpc) is 2.24. The predicted octanol–water partition coefficient (Wildman–Crippen LogP) is -0.203. The van der Waals surface area contributed by atoms with Crippen LogP contribution in [0.1, 0.15) is 13.3 Å². The number of amidine groups is 1. The minimum atomic E-state index is -0.483. The summed E-state index contributed by atoms with van der Waals surface area (Å²) in [6, 6.07) is 0. The SMILES string of the molecule is CNC1=C(C(=N)N)[C@H](C)CC1O. The predicted molar refractivity (Wildman–Crippen MR) is 47.8 cm³/mol. The van der Waals surface area contributed by atoms with Gasteiger partial charge in [-0.3, -0.25) is 5.41 Å². The van der Waals surface area contributed by atoms with Gasteiger partial charge in [-0.15, -0.1) is 0 Å². The molecule has 0 saturated carbocycles. The fraction of sp³-hybridized carbons (Fsp3) is 0.625. The van der Waals surface area contributed by atoms with Gasteiger partial charge >= 0.3 is 0 Å². The highest BCUT2D eigenvalue weighted by Crippen LogP contribution is 2.29. The first-order valence-corrected chi connectivity index (χ1v) is 4.02. The summed E-state index contributed by atoms with van der Waals surface area (Å²) in [5.74, 6) is 0.239. The molecular formula is C8H15N3O. The molecule has 0 radical (unpaired) electrons. The number of aliphatic hydroxyl groups excluding tert-OH is 1. The van der Waals surface area contributed by atoms with Crippen molar-refractivity contribution in [1.82, 2.24) is 5.32 Å². The normalized spacial score (nSPS) is 29.2. The molecule has 4 heteroatoms. The Labute approximate surface area is 72.0 Å². The van der Waals surface area contributed by atoms with Crippen LogP contribution in [0.2, 0.25) is 0 Å². The number of aliphatic hydroxyl groups is 1. The van der Waals surface area contributed by atoms with Gasteiger partial charge in [-0.2, -0.15) is 0 Å². The van der Waals surface area contributed by atoms with Crippen LogP contribution in [0.3, 0.4) is 0 Å². The molecule has 12 heavy (non-hydrogen) atoms. The summed E-state index contributed by atoms with van der Waals surface area (Å²) in [7, 11) is 1.74. The Balaban J connectivity index is 3.01. The molecular weight excluding hydrogens is 154 g/mol. The lowest BCUT2D eigenvalue weighted by atomic mass is 10.0. The summed E-state index contributed by atoms with van der Waals surface area (Å²) >= 11 is 0. The molecule has 1 unspecified atom stereocenters. The monoisotopic (exact) mass is 169 g/mol. The van der Waals surface area contributed by atoms with Crippen molar-refractivity contribution < 1.29 is 5.11 Å². The van der Waals surface area contributed by atoms with Gasteiger partial charge in [0.15, 0.2) is 0 Å². The molecule has 0 aromatic rings. The van der Waals surface area contributed by atoms with E-state index < -0.39 is 6.10 Å². The molecule has 0 bridgehead atoms. The van der Waals surface area contributed by atoms with Crippen LogP contribution in [-0.2, 0) is 0 Å². The van der Waals surface area contributed by atoms with Crippen LogP contribution in [0.4, 0.5) is 0 Å². The number of rotatable bonds is 2. The van der Waals surface area contributed by atoms with E-state index >= 15 is 0 Å². The number of hydrogen-bond donors (Lipinski definition) is 4. The van der Waals surface area contributed by atoms with Gasteiger partial charge in [0.1, 0.15) is 5.84 Å². The van der Waals surface area contributed by atoms with Crippen LogP contribution in [0.5, 0.6) is 0 Å². The number of likely N-dealkylation sites (N-methyl/N-ethyl adjacent to an activating group) is 1. The van der Waals surface area contributed by atoms with Gasteiger partial charge in [0.25, 0.3) is 0 Å². The van der Waals surface area contributed by atoms with E-state index in [9.17, 15) is 5.11 Å². The van der Waals surface area contributed by atoms with Crippen molar-refractivity contribution in [2.45, 2.75) is 19.4 Å². The van der Waals surface area contributed by atoms with Crippen LogP contribution in [-0.4, -0.2) is 24.1 Å². The van der Waals surface area contributed by atoms with E-state index in [1.165, 1.54) is 0 Å². The second kappa shape index (κ2) is 3.15. The number of nitrogens with two attached hydrogens (primary N) is 1.